The van der Waals surface area contributed by atoms with Crippen LogP contribution in [0.3, 0.4) is 0 Å². The first-order chi connectivity index (χ1) is 12.7. The first-order valence-electron chi connectivity index (χ1n) is 7.23. The zero-order valence-electron chi connectivity index (χ0n) is 13.3. The van der Waals surface area contributed by atoms with E-state index in [1.54, 1.807) is 53.0 Å². The molecule has 0 fully saturated rings. The van der Waals surface area contributed by atoms with Gasteiger partial charge in [0.2, 0.25) is 0 Å². The zero-order chi connectivity index (χ0) is 17.7. The van der Waals surface area contributed by atoms with Crippen molar-refractivity contribution in [3.63, 3.8) is 0 Å². The van der Waals surface area contributed by atoms with Gasteiger partial charge < -0.3 is 0 Å². The summed E-state index contributed by atoms with van der Waals surface area (Å²) in [5.74, 6) is 2.61. The van der Waals surface area contributed by atoms with E-state index in [2.05, 4.69) is 23.5 Å². The van der Waals surface area contributed by atoms with E-state index >= 15 is 0 Å². The van der Waals surface area contributed by atoms with E-state index < -0.39 is 0 Å². The Hall–Kier alpha value is 2.14. The summed E-state index contributed by atoms with van der Waals surface area (Å²) in [6.07, 6.45) is 0. The van der Waals surface area contributed by atoms with Crippen molar-refractivity contribution in [2.24, 2.45) is 0 Å². The van der Waals surface area contributed by atoms with Crippen molar-refractivity contribution in [3.05, 3.63) is 42.3 Å². The zero-order valence-corrected chi connectivity index (χ0v) is 23.3. The van der Waals surface area contributed by atoms with Crippen LogP contribution in [0.25, 0.3) is 0 Å². The molecule has 2 nitrogen and oxygen atoms in total. The van der Waals surface area contributed by atoms with Gasteiger partial charge in [0, 0.05) is 0 Å². The fraction of sp³-hybridized carbons (Fsp3) is 0.286. The summed E-state index contributed by atoms with van der Waals surface area (Å²) in [7, 11) is 3.42. The molecule has 5 aliphatic rings. The first-order valence-corrected chi connectivity index (χ1v) is 17.5. The Labute approximate surface area is 199 Å². The molecule has 0 atom stereocenters. The minimum absolute atomic E-state index is 0.598. The Morgan fingerprint density at radius 3 is 1.50 bits per heavy atom. The molecular formula is C14H10O2S8Se2. The van der Waals surface area contributed by atoms with Crippen LogP contribution < -0.4 is 0 Å². The van der Waals surface area contributed by atoms with Crippen molar-refractivity contribution >= 4 is 124 Å². The first kappa shape index (κ1) is 20.1. The molecule has 0 radical (unpaired) electrons. The van der Waals surface area contributed by atoms with Crippen LogP contribution in [0.5, 0.6) is 0 Å². The molecule has 26 heavy (non-hydrogen) atoms. The van der Waals surface area contributed by atoms with Gasteiger partial charge in [-0.15, -0.1) is 0 Å². The molecule has 5 heterocycles. The number of hydrogen-bond donors (Lipinski definition) is 0. The van der Waals surface area contributed by atoms with Gasteiger partial charge in [-0.2, -0.15) is 0 Å². The predicted octanol–water partition coefficient (Wildman–Crippen LogP) is 6.25. The van der Waals surface area contributed by atoms with E-state index in [1.807, 2.05) is 47.0 Å². The van der Waals surface area contributed by atoms with Crippen LogP contribution in [0.15, 0.2) is 42.3 Å². The SMILES string of the molecule is COC1=C(OC)SC(=C2SC3=C(S2)SC(=C2[Se]C4=C(SCCS4)[Se]2)S3)S1. The van der Waals surface area contributed by atoms with Crippen molar-refractivity contribution in [2.45, 2.75) is 0 Å². The molecule has 0 aliphatic carbocycles. The van der Waals surface area contributed by atoms with Gasteiger partial charge in [-0.1, -0.05) is 0 Å². The van der Waals surface area contributed by atoms with Gasteiger partial charge in [0.05, 0.1) is 0 Å². The third-order valence-corrected chi connectivity index (χ3v) is 23.8. The number of rotatable bonds is 2. The van der Waals surface area contributed by atoms with E-state index in [1.165, 1.54) is 28.5 Å². The third-order valence-electron chi connectivity index (χ3n) is 3.24. The Morgan fingerprint density at radius 2 is 1.04 bits per heavy atom. The van der Waals surface area contributed by atoms with Crippen molar-refractivity contribution in [2.75, 3.05) is 25.7 Å². The summed E-state index contributed by atoms with van der Waals surface area (Å²) in [5.41, 5.74) is 0. The summed E-state index contributed by atoms with van der Waals surface area (Å²) >= 11 is 16.7. The molecule has 5 rings (SSSR count). The topological polar surface area (TPSA) is 18.5 Å². The summed E-state index contributed by atoms with van der Waals surface area (Å²) < 4.78 is 23.3. The number of methoxy groups -OCH3 is 2. The van der Waals surface area contributed by atoms with Crippen LogP contribution >= 0.6 is 94.1 Å². The maximum absolute atomic E-state index is 5.44. The predicted molar refractivity (Wildman–Crippen MR) is 131 cm³/mol. The van der Waals surface area contributed by atoms with Crippen LogP contribution in [0.1, 0.15) is 0 Å². The molecule has 0 aromatic rings. The quantitative estimate of drug-likeness (QED) is 0.327. The van der Waals surface area contributed by atoms with E-state index in [-0.39, 0.29) is 0 Å². The second kappa shape index (κ2) is 8.71. The van der Waals surface area contributed by atoms with E-state index in [9.17, 15) is 0 Å². The van der Waals surface area contributed by atoms with E-state index in [0.717, 1.165) is 10.2 Å². The van der Waals surface area contributed by atoms with Gasteiger partial charge in [-0.25, -0.2) is 0 Å². The normalized spacial score (nSPS) is 25.8. The monoisotopic (exact) mass is 626 g/mol. The Kier molecular flexibility index (Phi) is 6.72. The molecule has 0 bridgehead atoms. The van der Waals surface area contributed by atoms with Gasteiger partial charge in [-0.05, 0) is 0 Å². The number of thioether (sulfide) groups is 8. The molecule has 0 saturated carbocycles. The average Bonchev–Trinajstić information content (AvgIpc) is 3.39. The molecular weight excluding hydrogens is 615 g/mol. The van der Waals surface area contributed by atoms with Crippen molar-refractivity contribution < 1.29 is 9.47 Å². The maximum atomic E-state index is 5.44. The van der Waals surface area contributed by atoms with Crippen molar-refractivity contribution in [1.29, 1.82) is 0 Å². The van der Waals surface area contributed by atoms with E-state index in [0.29, 0.717) is 29.9 Å². The molecule has 0 amide bonds. The Morgan fingerprint density at radius 1 is 0.615 bits per heavy atom. The number of hydrogen-bond acceptors (Lipinski definition) is 10. The molecule has 0 aromatic heterocycles. The van der Waals surface area contributed by atoms with Gasteiger partial charge in [0.25, 0.3) is 0 Å². The number of ether oxygens (including phenoxy) is 2. The Balaban J connectivity index is 1.27. The fourth-order valence-corrected chi connectivity index (χ4v) is 24.1. The minimum atomic E-state index is 0.598. The fourth-order valence-electron chi connectivity index (χ4n) is 2.16. The second-order valence-corrected chi connectivity index (χ2v) is 21.1. The van der Waals surface area contributed by atoms with Gasteiger partial charge >= 0.3 is 202 Å². The van der Waals surface area contributed by atoms with Gasteiger partial charge in [0.15, 0.2) is 0 Å². The molecule has 0 unspecified atom stereocenters. The molecule has 0 N–H and O–H groups in total. The molecule has 138 valence electrons. The standard InChI is InChI=1S/C14H10O2S8Se2/c1-15-5-6(16-2)20-7(19-5)8-21-9-10(22-8)24-11(23-9)14-25-12-13(26-14)18-4-3-17-12/h3-4H2,1-2H3. The van der Waals surface area contributed by atoms with Crippen LogP contribution in [-0.4, -0.2) is 55.6 Å². The molecule has 0 saturated heterocycles. The average molecular weight is 625 g/mol. The second-order valence-electron chi connectivity index (χ2n) is 4.80. The van der Waals surface area contributed by atoms with Gasteiger partial charge in [0.1, 0.15) is 0 Å². The van der Waals surface area contributed by atoms with Gasteiger partial charge in [-0.3, -0.25) is 0 Å². The Bertz CT molecular complexity index is 736. The molecule has 12 heteroatoms. The van der Waals surface area contributed by atoms with E-state index in [4.69, 9.17) is 9.47 Å². The molecule has 0 spiro atoms. The summed E-state index contributed by atoms with van der Waals surface area (Å²) in [6.45, 7) is 0. The van der Waals surface area contributed by atoms with Crippen molar-refractivity contribution in [3.8, 4) is 0 Å². The van der Waals surface area contributed by atoms with Crippen LogP contribution in [0.4, 0.5) is 0 Å². The summed E-state index contributed by atoms with van der Waals surface area (Å²) in [5, 5.41) is 1.75. The van der Waals surface area contributed by atoms with Crippen LogP contribution in [0, 0.1) is 0 Å². The van der Waals surface area contributed by atoms with Crippen LogP contribution in [-0.2, 0) is 9.47 Å². The third kappa shape index (κ3) is 3.89. The van der Waals surface area contributed by atoms with Crippen LogP contribution in [0.2, 0.25) is 0 Å². The van der Waals surface area contributed by atoms with Crippen molar-refractivity contribution in [1.82, 2.24) is 0 Å². The molecule has 5 aliphatic heterocycles. The summed E-state index contributed by atoms with van der Waals surface area (Å²) in [6, 6.07) is 0. The molecule has 0 aromatic carbocycles. The summed E-state index contributed by atoms with van der Waals surface area (Å²) in [4.78, 5) is 0.